The molecule has 0 aliphatic heterocycles. The van der Waals surface area contributed by atoms with Gasteiger partial charge in [0.05, 0.1) is 41.1 Å². The zero-order valence-corrected chi connectivity index (χ0v) is 96.7. The number of aryl methyl sites for hydroxylation is 2. The predicted octanol–water partition coefficient (Wildman–Crippen LogP) is 27.9. The monoisotopic (exact) mass is 2100 g/mol. The SMILES string of the molecule is C.C.C.C.C.C.C.C.C.CC(=O)N(C(=O)N(C(C)C)C(C)C)c1ccccc1.CC(C)C(=O)C(C(=O)C(C)C)C(=O)N(C(C)C)C(C)C.CC(C)C(CNC(=O)N(C(C)C)C(C)C)C(C)C.CC(C)OC(=O)C(C(=O)C(C)C)C(=O)N(C(C)C)C(C)C.CC(C)OC(=O)C(C(=O)OC(C)C)C(=O)N(C(C)C)C(C)C.CC(C)c1nn(C(=O)N(C(C)C)C(C)C)c(C(C)C)c1C(C)C.Cc1cc(C)n(C(=O)N(C(C)C)C(C)C)n1. The Morgan fingerprint density at radius 3 is 0.824 bits per heavy atom. The summed E-state index contributed by atoms with van der Waals surface area (Å²) < 4.78 is 18.4. The molecule has 10 amide bonds. The Bertz CT molecular complexity index is 4150. The van der Waals surface area contributed by atoms with Crippen LogP contribution in [0.25, 0.3) is 0 Å². The highest BCUT2D eigenvalue weighted by Gasteiger charge is 2.45. The lowest BCUT2D eigenvalue weighted by atomic mass is 9.85. The fourth-order valence-corrected chi connectivity index (χ4v) is 16.7. The van der Waals surface area contributed by atoms with E-state index in [1.54, 1.807) is 115 Å². The predicted molar refractivity (Wildman–Crippen MR) is 623 cm³/mol. The fraction of sp³-hybridized carbons (Fsp3) is 0.780. The number of aromatic nitrogens is 4. The van der Waals surface area contributed by atoms with Crippen molar-refractivity contribution in [3.63, 3.8) is 0 Å². The van der Waals surface area contributed by atoms with Crippen molar-refractivity contribution in [2.75, 3.05) is 11.4 Å². The van der Waals surface area contributed by atoms with Crippen LogP contribution in [0, 0.1) is 67.1 Å². The van der Waals surface area contributed by atoms with Crippen LogP contribution in [-0.2, 0) is 62.2 Å². The summed E-state index contributed by atoms with van der Waals surface area (Å²) in [5, 5.41) is 12.1. The van der Waals surface area contributed by atoms with Gasteiger partial charge < -0.3 is 53.8 Å². The highest BCUT2D eigenvalue weighted by molar-refractivity contribution is 6.20. The molecule has 148 heavy (non-hydrogen) atoms. The first-order chi connectivity index (χ1) is 63.4. The lowest BCUT2D eigenvalue weighted by Gasteiger charge is -2.34. The Labute approximate surface area is 908 Å². The van der Waals surface area contributed by atoms with Crippen molar-refractivity contribution in [1.82, 2.24) is 59.2 Å². The lowest BCUT2D eigenvalue weighted by Crippen LogP contribution is -2.51. The van der Waals surface area contributed by atoms with E-state index >= 15 is 0 Å². The molecule has 0 saturated carbocycles. The van der Waals surface area contributed by atoms with Crippen molar-refractivity contribution in [3.05, 3.63) is 64.7 Å². The number of anilines is 1. The minimum atomic E-state index is -1.57. The summed E-state index contributed by atoms with van der Waals surface area (Å²) in [6.07, 6.45) is -1.19. The summed E-state index contributed by atoms with van der Waals surface area (Å²) in [4.78, 5) is 187. The Hall–Kier alpha value is -9.38. The van der Waals surface area contributed by atoms with Crippen LogP contribution < -0.4 is 10.2 Å². The standard InChI is InChI=1S/C19H35N3O.C16H29NO5.C16H29NO4.C16H29NO3.C15H22N2O2.C15H32N2O.C12H21N3O.9CH4/c1-11(2)16-17(12(3)4)20-22(18(16)13(5)6)19(23)21(14(7)8)15(9)10;1-9(2)17(10(3)4)14(18)13(15(19)21-11(5)6)16(20)22-12(7)8;1-9(2)14(18)13(16(20)21-12(7)8)15(19)17(10(3)4)11(5)6;1-9(2)14(18)13(15(19)10(3)4)16(20)17(11(5)6)12(7)8;1-11(2)16(12(3)4)15(19)17(13(5)18)14-9-7-6-8-10-14;1-10(2)14(11(3)4)9-16-15(18)17(12(5)6)13(7)8;1-8(2)14(9(3)4)12(16)15-11(6)7-10(5)13-15;;;;;;;;;/h11-15H,1-10H3;9-13H,1-8H3;9-13H,1-8H3;9-13H,1-8H3;6-12H,1-5H3;10-14H,9H2,1-8H3,(H,16,18);7-9H,1-6H3;9*1H4. The molecule has 3 rings (SSSR count). The van der Waals surface area contributed by atoms with Gasteiger partial charge in [0, 0.05) is 127 Å². The van der Waals surface area contributed by atoms with E-state index in [0.717, 1.165) is 29.3 Å². The average molecular weight is 2110 g/mol. The first kappa shape index (κ1) is 166. The summed E-state index contributed by atoms with van der Waals surface area (Å²) in [6.45, 7) is 103. The lowest BCUT2D eigenvalue weighted by molar-refractivity contribution is -0.173. The molecule has 872 valence electrons. The van der Waals surface area contributed by atoms with E-state index < -0.39 is 71.4 Å². The molecule has 2 aromatic heterocycles. The number of hydrogen-bond acceptors (Lipinski definition) is 19. The molecule has 1 aromatic carbocycles. The maximum atomic E-state index is 13.2. The van der Waals surface area contributed by atoms with Gasteiger partial charge in [-0.25, -0.2) is 24.1 Å². The van der Waals surface area contributed by atoms with Gasteiger partial charge in [0.15, 0.2) is 29.2 Å². The summed E-state index contributed by atoms with van der Waals surface area (Å²) >= 11 is 0. The number of imide groups is 1. The van der Waals surface area contributed by atoms with Crippen molar-refractivity contribution in [2.45, 2.75) is 554 Å². The molecule has 1 unspecified atom stereocenters. The molecule has 0 aliphatic carbocycles. The third-order valence-electron chi connectivity index (χ3n) is 22.3. The van der Waals surface area contributed by atoms with Gasteiger partial charge in [-0.05, 0) is 303 Å². The topological polar surface area (TPSA) is 340 Å². The van der Waals surface area contributed by atoms with Crippen molar-refractivity contribution < 1.29 is 81.3 Å². The highest BCUT2D eigenvalue weighted by atomic mass is 16.6. The van der Waals surface area contributed by atoms with Gasteiger partial charge >= 0.3 is 42.0 Å². The molecule has 0 bridgehead atoms. The van der Waals surface area contributed by atoms with Crippen LogP contribution in [0.4, 0.5) is 24.9 Å². The zero-order chi connectivity index (χ0) is 110. The number of nitrogens with zero attached hydrogens (tertiary/aromatic N) is 12. The number of ether oxygens (including phenoxy) is 3. The number of hydrogen-bond donors (Lipinski definition) is 1. The molecular weight excluding hydrogens is 1870 g/mol. The maximum absolute atomic E-state index is 13.2. The van der Waals surface area contributed by atoms with Gasteiger partial charge in [-0.15, -0.1) is 0 Å². The first-order valence-electron chi connectivity index (χ1n) is 51.1. The van der Waals surface area contributed by atoms with Crippen molar-refractivity contribution >= 4 is 88.7 Å². The van der Waals surface area contributed by atoms with E-state index in [1.165, 1.54) is 27.0 Å². The van der Waals surface area contributed by atoms with Gasteiger partial charge in [0.2, 0.25) is 29.5 Å². The maximum Gasteiger partial charge on any atom is 0.345 e. The second-order valence-electron chi connectivity index (χ2n) is 43.4. The molecule has 1 atom stereocenters. The van der Waals surface area contributed by atoms with Crippen LogP contribution in [0.5, 0.6) is 0 Å². The number of esters is 3. The van der Waals surface area contributed by atoms with Gasteiger partial charge in [0.1, 0.15) is 0 Å². The fourth-order valence-electron chi connectivity index (χ4n) is 16.7. The van der Waals surface area contributed by atoms with Gasteiger partial charge in [-0.1, -0.05) is 196 Å². The Kier molecular flexibility index (Phi) is 88.5. The number of amides is 10. The van der Waals surface area contributed by atoms with Crippen LogP contribution in [0.15, 0.2) is 36.4 Å². The normalized spacial score (nSPS) is 11.1. The van der Waals surface area contributed by atoms with Crippen LogP contribution in [-0.4, -0.2) is 246 Å². The number of carbonyl (C=O) groups is 14. The van der Waals surface area contributed by atoms with E-state index in [2.05, 4.69) is 135 Å². The molecule has 30 nitrogen and oxygen atoms in total. The molecule has 30 heteroatoms. The van der Waals surface area contributed by atoms with E-state index in [1.807, 2.05) is 191 Å². The summed E-state index contributed by atoms with van der Waals surface area (Å²) in [5.41, 5.74) is 5.73. The Morgan fingerprint density at radius 1 is 0.318 bits per heavy atom. The van der Waals surface area contributed by atoms with Crippen molar-refractivity contribution in [3.8, 4) is 0 Å². The number of nitrogens with one attached hydrogen (secondary N) is 1. The number of ketones is 3. The van der Waals surface area contributed by atoms with Crippen LogP contribution >= 0.6 is 0 Å². The van der Waals surface area contributed by atoms with E-state index in [-0.39, 0.29) is 223 Å². The third-order valence-corrected chi connectivity index (χ3v) is 22.3. The highest BCUT2D eigenvalue weighted by Crippen LogP contribution is 2.35. The smallest absolute Gasteiger partial charge is 0.345 e. The second kappa shape index (κ2) is 78.7. The number of urea groups is 2. The first-order valence-corrected chi connectivity index (χ1v) is 51.1. The number of carbonyl (C=O) groups excluding carboxylic acids is 14. The quantitative estimate of drug-likeness (QED) is 0.0318. The number of para-hydroxylation sites is 1. The van der Waals surface area contributed by atoms with E-state index in [9.17, 15) is 67.1 Å². The number of Topliss-reactive ketones (excluding diaryl/α,β-unsaturated/α-hetero) is 3. The summed E-state index contributed by atoms with van der Waals surface area (Å²) in [7, 11) is 0. The molecule has 2 heterocycles. The van der Waals surface area contributed by atoms with Crippen molar-refractivity contribution in [1.29, 1.82) is 0 Å². The van der Waals surface area contributed by atoms with Crippen LogP contribution in [0.2, 0.25) is 0 Å². The number of benzene rings is 1. The summed E-state index contributed by atoms with van der Waals surface area (Å²) in [5.74, 6) is -7.59. The molecule has 0 spiro atoms. The molecule has 3 aromatic rings. The van der Waals surface area contributed by atoms with Gasteiger partial charge in [0.25, 0.3) is 0 Å². The Morgan fingerprint density at radius 2 is 0.588 bits per heavy atom. The zero-order valence-electron chi connectivity index (χ0n) is 96.7. The molecule has 0 fully saturated rings. The molecule has 0 radical (unpaired) electrons. The Balaban J connectivity index is -0.000000130. The van der Waals surface area contributed by atoms with Crippen LogP contribution in [0.3, 0.4) is 0 Å². The van der Waals surface area contributed by atoms with Gasteiger partial charge in [-0.3, -0.25) is 47.9 Å². The van der Waals surface area contributed by atoms with Crippen molar-refractivity contribution in [2.24, 2.45) is 53.3 Å². The van der Waals surface area contributed by atoms with E-state index in [4.69, 9.17) is 19.3 Å². The molecule has 0 saturated heterocycles. The molecule has 0 aliphatic rings. The second-order valence-corrected chi connectivity index (χ2v) is 43.4. The molecule has 1 N–H and O–H groups in total. The number of rotatable bonds is 37. The van der Waals surface area contributed by atoms with Gasteiger partial charge in [-0.2, -0.15) is 19.6 Å². The van der Waals surface area contributed by atoms with Crippen LogP contribution in [0.1, 0.15) is 466 Å². The minimum Gasteiger partial charge on any atom is -0.462 e. The molecular formula is C118H233N13O17. The largest absolute Gasteiger partial charge is 0.462 e. The third kappa shape index (κ3) is 54.0. The van der Waals surface area contributed by atoms with E-state index in [0.29, 0.717) is 35.3 Å². The summed E-state index contributed by atoms with van der Waals surface area (Å²) in [6, 6.07) is 11.3. The average Bonchev–Trinajstić information content (AvgIpc) is 1.62. The minimum absolute atomic E-state index is 0.